The highest BCUT2D eigenvalue weighted by Gasteiger charge is 2.02. The van der Waals surface area contributed by atoms with Gasteiger partial charge in [0, 0.05) is 18.9 Å². The molecule has 1 rings (SSSR count). The molecule has 4 nitrogen and oxygen atoms in total. The van der Waals surface area contributed by atoms with Crippen LogP contribution in [-0.4, -0.2) is 22.9 Å². The number of rotatable bonds is 0. The topological polar surface area (TPSA) is 46.9 Å². The summed E-state index contributed by atoms with van der Waals surface area (Å²) in [6.07, 6.45) is 1.59. The van der Waals surface area contributed by atoms with Crippen molar-refractivity contribution in [3.05, 3.63) is 18.0 Å². The second-order valence-corrected chi connectivity index (χ2v) is 1.94. The number of aromatic nitrogens is 2. The molecule has 0 aliphatic rings. The van der Waals surface area contributed by atoms with Crippen molar-refractivity contribution in [3.8, 4) is 0 Å². The molecule has 0 fully saturated rings. The van der Waals surface area contributed by atoms with Crippen molar-refractivity contribution >= 4 is 6.03 Å². The highest BCUT2D eigenvalue weighted by atomic mass is 16.2. The second-order valence-electron chi connectivity index (χ2n) is 1.94. The lowest BCUT2D eigenvalue weighted by atomic mass is 10.5. The van der Waals surface area contributed by atoms with Crippen molar-refractivity contribution < 1.29 is 4.79 Å². The summed E-state index contributed by atoms with van der Waals surface area (Å²) in [7, 11) is 1.57. The van der Waals surface area contributed by atoms with E-state index in [1.807, 2.05) is 6.92 Å². The van der Waals surface area contributed by atoms with E-state index in [1.54, 1.807) is 19.3 Å². The first-order valence-electron chi connectivity index (χ1n) is 2.98. The molecule has 0 radical (unpaired) electrons. The van der Waals surface area contributed by atoms with Crippen LogP contribution >= 0.6 is 0 Å². The number of nitrogens with zero attached hydrogens (tertiary/aromatic N) is 2. The largest absolute Gasteiger partial charge is 0.342 e. The van der Waals surface area contributed by atoms with E-state index in [0.29, 0.717) is 0 Å². The number of hydrogen-bond acceptors (Lipinski definition) is 2. The molecule has 1 aromatic heterocycles. The van der Waals surface area contributed by atoms with Gasteiger partial charge >= 0.3 is 6.03 Å². The summed E-state index contributed by atoms with van der Waals surface area (Å²) in [6.45, 7) is 1.82. The fraction of sp³-hybridized carbons (Fsp3) is 0.333. The molecule has 0 aliphatic carbocycles. The van der Waals surface area contributed by atoms with Gasteiger partial charge in [0.25, 0.3) is 0 Å². The zero-order valence-electron chi connectivity index (χ0n) is 5.96. The molecule has 1 amide bonds. The molecular weight excluding hydrogens is 130 g/mol. The third-order valence-electron chi connectivity index (χ3n) is 1.24. The average molecular weight is 139 g/mol. The first kappa shape index (κ1) is 6.80. The summed E-state index contributed by atoms with van der Waals surface area (Å²) < 4.78 is 1.31. The molecule has 0 aliphatic heterocycles. The minimum absolute atomic E-state index is 0.206. The molecule has 54 valence electrons. The van der Waals surface area contributed by atoms with E-state index in [4.69, 9.17) is 0 Å². The second kappa shape index (κ2) is 2.51. The predicted molar refractivity (Wildman–Crippen MR) is 36.8 cm³/mol. The molecule has 0 unspecified atom stereocenters. The van der Waals surface area contributed by atoms with E-state index in [0.717, 1.165) is 5.69 Å². The first-order chi connectivity index (χ1) is 4.75. The van der Waals surface area contributed by atoms with Crippen molar-refractivity contribution in [1.82, 2.24) is 15.1 Å². The van der Waals surface area contributed by atoms with E-state index in [-0.39, 0.29) is 6.03 Å². The van der Waals surface area contributed by atoms with E-state index in [9.17, 15) is 4.79 Å². The minimum atomic E-state index is -0.206. The lowest BCUT2D eigenvalue weighted by Gasteiger charge is -1.99. The van der Waals surface area contributed by atoms with Gasteiger partial charge in [-0.3, -0.25) is 0 Å². The van der Waals surface area contributed by atoms with Crippen LogP contribution in [0.1, 0.15) is 5.69 Å². The van der Waals surface area contributed by atoms with Crippen molar-refractivity contribution in [1.29, 1.82) is 0 Å². The van der Waals surface area contributed by atoms with Crippen molar-refractivity contribution in [2.75, 3.05) is 7.05 Å². The summed E-state index contributed by atoms with van der Waals surface area (Å²) in [5.74, 6) is 0. The number of hydrogen-bond donors (Lipinski definition) is 1. The molecule has 0 saturated carbocycles. The number of amides is 1. The molecule has 10 heavy (non-hydrogen) atoms. The minimum Gasteiger partial charge on any atom is -0.339 e. The van der Waals surface area contributed by atoms with Crippen LogP contribution in [-0.2, 0) is 0 Å². The van der Waals surface area contributed by atoms with Crippen molar-refractivity contribution in [2.24, 2.45) is 0 Å². The van der Waals surface area contributed by atoms with Gasteiger partial charge in [0.2, 0.25) is 0 Å². The zero-order chi connectivity index (χ0) is 7.56. The van der Waals surface area contributed by atoms with Crippen molar-refractivity contribution in [3.63, 3.8) is 0 Å². The third-order valence-corrected chi connectivity index (χ3v) is 1.24. The molecule has 0 atom stereocenters. The number of carbonyl (C=O) groups is 1. The molecule has 4 heteroatoms. The Morgan fingerprint density at radius 1 is 1.80 bits per heavy atom. The predicted octanol–water partition coefficient (Wildman–Crippen LogP) is 0.379. The van der Waals surface area contributed by atoms with Gasteiger partial charge in [-0.2, -0.15) is 9.78 Å². The van der Waals surface area contributed by atoms with Crippen molar-refractivity contribution in [2.45, 2.75) is 6.92 Å². The number of aryl methyl sites for hydroxylation is 1. The van der Waals surface area contributed by atoms with Gasteiger partial charge in [-0.15, -0.1) is 0 Å². The Morgan fingerprint density at radius 2 is 2.50 bits per heavy atom. The van der Waals surface area contributed by atoms with Crippen LogP contribution < -0.4 is 5.32 Å². The van der Waals surface area contributed by atoms with E-state index in [1.165, 1.54) is 4.68 Å². The van der Waals surface area contributed by atoms with Crippen LogP contribution in [0.15, 0.2) is 12.3 Å². The quantitative estimate of drug-likeness (QED) is 0.564. The normalized spacial score (nSPS) is 9.40. The highest BCUT2D eigenvalue weighted by Crippen LogP contribution is 1.93. The third kappa shape index (κ3) is 1.00. The zero-order valence-corrected chi connectivity index (χ0v) is 5.96. The monoisotopic (exact) mass is 139 g/mol. The molecule has 0 bridgehead atoms. The number of carbonyl (C=O) groups excluding carboxylic acids is 1. The Hall–Kier alpha value is -1.32. The molecular formula is C6H9N3O. The Kier molecular flexibility index (Phi) is 1.71. The number of nitrogens with one attached hydrogen (secondary N) is 1. The average Bonchev–Trinajstić information content (AvgIpc) is 2.34. The Balaban J connectivity index is 2.93. The smallest absolute Gasteiger partial charge is 0.339 e. The molecule has 1 N–H and O–H groups in total. The van der Waals surface area contributed by atoms with Crippen LogP contribution in [0.5, 0.6) is 0 Å². The molecule has 1 aromatic rings. The van der Waals surface area contributed by atoms with Gasteiger partial charge in [-0.05, 0) is 13.0 Å². The fourth-order valence-corrected chi connectivity index (χ4v) is 0.688. The van der Waals surface area contributed by atoms with Crippen LogP contribution in [0.2, 0.25) is 0 Å². The molecule has 1 heterocycles. The summed E-state index contributed by atoms with van der Waals surface area (Å²) in [5, 5.41) is 6.26. The van der Waals surface area contributed by atoms with E-state index in [2.05, 4.69) is 10.4 Å². The Morgan fingerprint density at radius 3 is 2.90 bits per heavy atom. The van der Waals surface area contributed by atoms with Gasteiger partial charge in [0.15, 0.2) is 0 Å². The van der Waals surface area contributed by atoms with Crippen LogP contribution in [0.25, 0.3) is 0 Å². The van der Waals surface area contributed by atoms with Crippen LogP contribution in [0.4, 0.5) is 4.79 Å². The van der Waals surface area contributed by atoms with Gasteiger partial charge in [0.1, 0.15) is 0 Å². The lowest BCUT2D eigenvalue weighted by Crippen LogP contribution is -2.26. The summed E-state index contributed by atoms with van der Waals surface area (Å²) in [5.41, 5.74) is 0.833. The summed E-state index contributed by atoms with van der Waals surface area (Å²) in [6, 6.07) is 1.57. The maximum atomic E-state index is 10.9. The molecule has 0 aromatic carbocycles. The molecule has 0 saturated heterocycles. The Labute approximate surface area is 58.8 Å². The Bertz CT molecular complexity index is 241. The SMILES string of the molecule is CNC(=O)n1nccc1C. The molecule has 0 spiro atoms. The maximum Gasteiger partial charge on any atom is 0.342 e. The van der Waals surface area contributed by atoms with Gasteiger partial charge in [0.05, 0.1) is 0 Å². The standard InChI is InChI=1S/C6H9N3O/c1-5-3-4-8-9(5)6(10)7-2/h3-4H,1-2H3,(H,7,10). The fourth-order valence-electron chi connectivity index (χ4n) is 0.688. The first-order valence-corrected chi connectivity index (χ1v) is 2.98. The van der Waals surface area contributed by atoms with Gasteiger partial charge < -0.3 is 5.32 Å². The van der Waals surface area contributed by atoms with Gasteiger partial charge in [-0.25, -0.2) is 4.79 Å². The lowest BCUT2D eigenvalue weighted by molar-refractivity contribution is 0.241. The van der Waals surface area contributed by atoms with Crippen LogP contribution in [0.3, 0.4) is 0 Å². The summed E-state index contributed by atoms with van der Waals surface area (Å²) in [4.78, 5) is 10.9. The maximum absolute atomic E-state index is 10.9. The van der Waals surface area contributed by atoms with E-state index >= 15 is 0 Å². The van der Waals surface area contributed by atoms with Crippen LogP contribution in [0, 0.1) is 6.92 Å². The van der Waals surface area contributed by atoms with Gasteiger partial charge in [-0.1, -0.05) is 0 Å². The van der Waals surface area contributed by atoms with E-state index < -0.39 is 0 Å². The highest BCUT2D eigenvalue weighted by molar-refractivity contribution is 5.75. The summed E-state index contributed by atoms with van der Waals surface area (Å²) >= 11 is 0.